The molecule has 0 bridgehead atoms. The predicted octanol–water partition coefficient (Wildman–Crippen LogP) is 7.84. The van der Waals surface area contributed by atoms with Gasteiger partial charge in [0.05, 0.1) is 29.4 Å². The second-order valence-electron chi connectivity index (χ2n) is 16.4. The number of imidazole rings is 1. The van der Waals surface area contributed by atoms with Crippen LogP contribution in [-0.4, -0.2) is 92.7 Å². The number of nitrogens with zero attached hydrogens (tertiary/aromatic N) is 7. The normalized spacial score (nSPS) is 13.4. The number of aliphatic imine (C=N–C) groups is 1. The van der Waals surface area contributed by atoms with E-state index >= 15 is 0 Å². The molecule has 1 aromatic carbocycles. The highest BCUT2D eigenvalue weighted by Crippen LogP contribution is 2.28. The van der Waals surface area contributed by atoms with Gasteiger partial charge in [-0.15, -0.1) is 0 Å². The topological polar surface area (TPSA) is 149 Å². The van der Waals surface area contributed by atoms with Gasteiger partial charge >= 0.3 is 5.97 Å². The number of aromatic nitrogens is 3. The quantitative estimate of drug-likeness (QED) is 0.0619. The molecule has 0 N–H and O–H groups in total. The number of likely N-dealkylation sites (N-methyl/N-ethyl adjacent to an activating group) is 1. The maximum atomic E-state index is 13.0. The van der Waals surface area contributed by atoms with Gasteiger partial charge in [-0.3, -0.25) is 24.2 Å². The maximum Gasteiger partial charge on any atom is 0.316 e. The standard InChI is InChI=1S/C24H36N6O2.C19H27NO4/c1-7-18-15-26-23(32-28-18)22(24(3,4)5)29(6)21(31)11-9-8-10-14-30-17(2)27-19-16-25-13-12-20(19)30;1-6-20(5)17(22)9-7-8-16(21)14-10-12-15(13-11-14)24-18(23)19(2,3)4/h12-13,16,22H,7-11,14-15H2,1-6H3;10-13H,6-9H2,1-5H3. The Hall–Kier alpha value is -4.94. The zero-order valence-electron chi connectivity index (χ0n) is 35.5. The Kier molecular flexibility index (Phi) is 16.9. The van der Waals surface area contributed by atoms with Gasteiger partial charge in [-0.05, 0) is 96.0 Å². The number of esters is 1. The van der Waals surface area contributed by atoms with E-state index in [1.54, 1.807) is 74.3 Å². The van der Waals surface area contributed by atoms with Crippen LogP contribution in [0.5, 0.6) is 5.75 Å². The molecule has 3 aromatic rings. The summed E-state index contributed by atoms with van der Waals surface area (Å²) in [5, 5.41) is 4.18. The van der Waals surface area contributed by atoms with Crippen molar-refractivity contribution in [1.29, 1.82) is 0 Å². The largest absolute Gasteiger partial charge is 0.426 e. The Morgan fingerprint density at radius 1 is 0.893 bits per heavy atom. The molecule has 1 unspecified atom stereocenters. The summed E-state index contributed by atoms with van der Waals surface area (Å²) in [6.45, 7) is 19.7. The van der Waals surface area contributed by atoms with Crippen LogP contribution >= 0.6 is 0 Å². The Balaban J connectivity index is 0.000000314. The Morgan fingerprint density at radius 2 is 1.57 bits per heavy atom. The number of ketones is 1. The first-order chi connectivity index (χ1) is 26.4. The van der Waals surface area contributed by atoms with Gasteiger partial charge in [-0.1, -0.05) is 39.3 Å². The number of carbonyl (C=O) groups excluding carboxylic acids is 4. The molecule has 1 aliphatic rings. The van der Waals surface area contributed by atoms with Crippen molar-refractivity contribution in [2.75, 3.05) is 27.2 Å². The second-order valence-corrected chi connectivity index (χ2v) is 16.4. The number of benzene rings is 1. The summed E-state index contributed by atoms with van der Waals surface area (Å²) in [4.78, 5) is 70.9. The van der Waals surface area contributed by atoms with Crippen LogP contribution in [0.3, 0.4) is 0 Å². The van der Waals surface area contributed by atoms with Crippen LogP contribution in [0.4, 0.5) is 0 Å². The molecule has 2 amide bonds. The fourth-order valence-electron chi connectivity index (χ4n) is 6.08. The number of ether oxygens (including phenoxy) is 1. The van der Waals surface area contributed by atoms with Gasteiger partial charge in [0.1, 0.15) is 23.1 Å². The molecule has 56 heavy (non-hydrogen) atoms. The van der Waals surface area contributed by atoms with Gasteiger partial charge in [0.15, 0.2) is 5.78 Å². The van der Waals surface area contributed by atoms with Crippen LogP contribution in [-0.2, 0) is 25.8 Å². The molecule has 0 saturated heterocycles. The number of rotatable bonds is 16. The van der Waals surface area contributed by atoms with Crippen LogP contribution in [0.15, 0.2) is 52.9 Å². The van der Waals surface area contributed by atoms with E-state index in [0.29, 0.717) is 56.0 Å². The second kappa shape index (κ2) is 20.8. The lowest BCUT2D eigenvalue weighted by Gasteiger charge is -2.37. The molecule has 1 atom stereocenters. The Bertz CT molecular complexity index is 1850. The molecule has 0 radical (unpaired) electrons. The molecular weight excluding hydrogens is 711 g/mol. The molecule has 13 nitrogen and oxygen atoms in total. The van der Waals surface area contributed by atoms with Crippen molar-refractivity contribution in [3.8, 4) is 5.75 Å². The van der Waals surface area contributed by atoms with E-state index in [0.717, 1.165) is 54.8 Å². The van der Waals surface area contributed by atoms with Crippen molar-refractivity contribution < 1.29 is 28.8 Å². The summed E-state index contributed by atoms with van der Waals surface area (Å²) in [5.74, 6) is 1.77. The first kappa shape index (κ1) is 45.4. The van der Waals surface area contributed by atoms with Gasteiger partial charge in [-0.25, -0.2) is 9.98 Å². The minimum absolute atomic E-state index is 0.0179. The molecule has 0 spiro atoms. The molecule has 13 heteroatoms. The van der Waals surface area contributed by atoms with E-state index in [1.807, 2.05) is 33.9 Å². The zero-order chi connectivity index (χ0) is 41.6. The van der Waals surface area contributed by atoms with Gasteiger partial charge in [0.2, 0.25) is 17.7 Å². The molecular formula is C43H63N7O6. The van der Waals surface area contributed by atoms with Crippen LogP contribution in [0, 0.1) is 17.8 Å². The average Bonchev–Trinajstić information content (AvgIpc) is 3.48. The van der Waals surface area contributed by atoms with E-state index in [4.69, 9.17) is 9.57 Å². The zero-order valence-corrected chi connectivity index (χ0v) is 35.5. The fourth-order valence-corrected chi connectivity index (χ4v) is 6.08. The summed E-state index contributed by atoms with van der Waals surface area (Å²) < 4.78 is 7.49. The molecule has 1 aliphatic heterocycles. The van der Waals surface area contributed by atoms with Crippen molar-refractivity contribution >= 4 is 46.2 Å². The molecule has 306 valence electrons. The predicted molar refractivity (Wildman–Crippen MR) is 221 cm³/mol. The number of hydrogen-bond donors (Lipinski definition) is 0. The van der Waals surface area contributed by atoms with Crippen LogP contribution < -0.4 is 4.74 Å². The van der Waals surface area contributed by atoms with E-state index in [2.05, 4.69) is 45.5 Å². The lowest BCUT2D eigenvalue weighted by Crippen LogP contribution is -2.51. The van der Waals surface area contributed by atoms with Gasteiger partial charge < -0.3 is 23.9 Å². The third kappa shape index (κ3) is 13.4. The van der Waals surface area contributed by atoms with Gasteiger partial charge in [0, 0.05) is 58.2 Å². The number of hydrogen-bond acceptors (Lipinski definition) is 10. The third-order valence-electron chi connectivity index (χ3n) is 9.64. The van der Waals surface area contributed by atoms with Crippen LogP contribution in [0.25, 0.3) is 11.0 Å². The van der Waals surface area contributed by atoms with Crippen LogP contribution in [0.1, 0.15) is 123 Å². The number of unbranched alkanes of at least 4 members (excludes halogenated alkanes) is 2. The Morgan fingerprint density at radius 3 is 2.16 bits per heavy atom. The molecule has 3 heterocycles. The maximum absolute atomic E-state index is 13.0. The molecule has 4 rings (SSSR count). The molecule has 0 saturated carbocycles. The summed E-state index contributed by atoms with van der Waals surface area (Å²) >= 11 is 0. The smallest absolute Gasteiger partial charge is 0.316 e. The van der Waals surface area contributed by atoms with E-state index in [1.165, 1.54) is 0 Å². The summed E-state index contributed by atoms with van der Waals surface area (Å²) in [5.41, 5.74) is 2.74. The number of aryl methyl sites for hydroxylation is 2. The SMILES string of the molecule is CCC1=NOC(C(N(C)C(=O)CCCCCn2c(C)nc3cnccc32)C(C)(C)C)=NC1.CCN(C)C(=O)CCCC(=O)c1ccc(OC(=O)C(C)(C)C)cc1. The van der Waals surface area contributed by atoms with Crippen molar-refractivity contribution in [2.24, 2.45) is 21.0 Å². The first-order valence-corrected chi connectivity index (χ1v) is 19.8. The minimum Gasteiger partial charge on any atom is -0.426 e. The fraction of sp³-hybridized carbons (Fsp3) is 0.581. The highest BCUT2D eigenvalue weighted by molar-refractivity contribution is 5.96. The number of amides is 2. The number of fused-ring (bicyclic) bond motifs is 1. The molecule has 0 aliphatic carbocycles. The van der Waals surface area contributed by atoms with Crippen molar-refractivity contribution in [3.63, 3.8) is 0 Å². The van der Waals surface area contributed by atoms with Crippen molar-refractivity contribution in [2.45, 2.75) is 126 Å². The van der Waals surface area contributed by atoms with Crippen molar-refractivity contribution in [3.05, 3.63) is 54.1 Å². The number of oxime groups is 1. The average molecular weight is 774 g/mol. The van der Waals surface area contributed by atoms with E-state index in [-0.39, 0.29) is 35.0 Å². The van der Waals surface area contributed by atoms with Gasteiger partial charge in [-0.2, -0.15) is 0 Å². The van der Waals surface area contributed by atoms with E-state index in [9.17, 15) is 19.2 Å². The number of carbonyl (C=O) groups is 4. The third-order valence-corrected chi connectivity index (χ3v) is 9.64. The first-order valence-electron chi connectivity index (χ1n) is 19.8. The highest BCUT2D eigenvalue weighted by Gasteiger charge is 2.38. The summed E-state index contributed by atoms with van der Waals surface area (Å²) in [6, 6.07) is 8.29. The highest BCUT2D eigenvalue weighted by atomic mass is 16.6. The number of pyridine rings is 1. The molecule has 0 fully saturated rings. The summed E-state index contributed by atoms with van der Waals surface area (Å²) in [6.07, 6.45) is 8.97. The minimum atomic E-state index is -0.577. The monoisotopic (exact) mass is 773 g/mol. The molecule has 2 aromatic heterocycles. The van der Waals surface area contributed by atoms with E-state index < -0.39 is 5.41 Å². The van der Waals surface area contributed by atoms with Gasteiger partial charge in [0.25, 0.3) is 0 Å². The summed E-state index contributed by atoms with van der Waals surface area (Å²) in [7, 11) is 3.60. The lowest BCUT2D eigenvalue weighted by atomic mass is 9.85. The number of Topliss-reactive ketones (excluding diaryl/α,β-unsaturated/α-hetero) is 1. The Labute approximate surface area is 332 Å². The van der Waals surface area contributed by atoms with Crippen LogP contribution in [0.2, 0.25) is 0 Å². The van der Waals surface area contributed by atoms with Crippen molar-refractivity contribution in [1.82, 2.24) is 24.3 Å². The lowest BCUT2D eigenvalue weighted by molar-refractivity contribution is -0.143.